The molecule has 1 atom stereocenters. The number of carbonyl (C=O) groups excluding carboxylic acids is 1. The number of benzene rings is 2. The van der Waals surface area contributed by atoms with Gasteiger partial charge in [-0.05, 0) is 31.5 Å². The summed E-state index contributed by atoms with van der Waals surface area (Å²) < 4.78 is 1.74. The number of nitrogens with zero attached hydrogens (tertiary/aromatic N) is 2. The molecule has 3 aromatic rings. The zero-order chi connectivity index (χ0) is 17.1. The van der Waals surface area contributed by atoms with Gasteiger partial charge in [0.05, 0.1) is 5.52 Å². The quantitative estimate of drug-likeness (QED) is 0.753. The molecular weight excluding hydrogens is 322 g/mol. The smallest absolute Gasteiger partial charge is 0.241 e. The topological polar surface area (TPSA) is 46.9 Å². The fourth-order valence-corrected chi connectivity index (χ4v) is 2.81. The van der Waals surface area contributed by atoms with Gasteiger partial charge in [0, 0.05) is 22.0 Å². The molecule has 1 amide bonds. The summed E-state index contributed by atoms with van der Waals surface area (Å²) in [6, 6.07) is 15.7. The van der Waals surface area contributed by atoms with Gasteiger partial charge < -0.3 is 5.32 Å². The SMILES string of the molecule is CCC(C)NC(=O)Cn1nc(-c2ccccc2)c2cc(Cl)ccc21. The first-order chi connectivity index (χ1) is 11.6. The summed E-state index contributed by atoms with van der Waals surface area (Å²) in [5.74, 6) is -0.0386. The van der Waals surface area contributed by atoms with Crippen LogP contribution in [0.1, 0.15) is 20.3 Å². The minimum Gasteiger partial charge on any atom is -0.352 e. The van der Waals surface area contributed by atoms with Crippen LogP contribution in [0.5, 0.6) is 0 Å². The van der Waals surface area contributed by atoms with Crippen LogP contribution in [0, 0.1) is 0 Å². The lowest BCUT2D eigenvalue weighted by Crippen LogP contribution is -2.34. The van der Waals surface area contributed by atoms with Crippen LogP contribution < -0.4 is 5.32 Å². The van der Waals surface area contributed by atoms with Gasteiger partial charge in [0.15, 0.2) is 0 Å². The third kappa shape index (κ3) is 3.44. The van der Waals surface area contributed by atoms with E-state index in [1.54, 1.807) is 4.68 Å². The van der Waals surface area contributed by atoms with Crippen molar-refractivity contribution < 1.29 is 4.79 Å². The fourth-order valence-electron chi connectivity index (χ4n) is 2.64. The van der Waals surface area contributed by atoms with E-state index in [2.05, 4.69) is 10.4 Å². The van der Waals surface area contributed by atoms with Gasteiger partial charge in [0.1, 0.15) is 12.2 Å². The maximum absolute atomic E-state index is 12.2. The van der Waals surface area contributed by atoms with Gasteiger partial charge in [-0.3, -0.25) is 9.48 Å². The highest BCUT2D eigenvalue weighted by Crippen LogP contribution is 2.30. The summed E-state index contributed by atoms with van der Waals surface area (Å²) in [6.07, 6.45) is 0.899. The summed E-state index contributed by atoms with van der Waals surface area (Å²) in [4.78, 5) is 12.2. The Morgan fingerprint density at radius 2 is 2.00 bits per heavy atom. The Morgan fingerprint density at radius 3 is 2.71 bits per heavy atom. The average Bonchev–Trinajstić information content (AvgIpc) is 2.93. The normalized spacial score (nSPS) is 12.3. The molecule has 1 heterocycles. The van der Waals surface area contributed by atoms with Crippen LogP contribution in [0.2, 0.25) is 5.02 Å². The van der Waals surface area contributed by atoms with Gasteiger partial charge in [-0.2, -0.15) is 5.10 Å². The molecular formula is C19H20ClN3O. The van der Waals surface area contributed by atoms with Crippen molar-refractivity contribution in [2.45, 2.75) is 32.9 Å². The zero-order valence-electron chi connectivity index (χ0n) is 13.8. The van der Waals surface area contributed by atoms with Crippen molar-refractivity contribution in [1.29, 1.82) is 0 Å². The van der Waals surface area contributed by atoms with Gasteiger partial charge in [-0.15, -0.1) is 0 Å². The first-order valence-corrected chi connectivity index (χ1v) is 8.47. The maximum atomic E-state index is 12.2. The van der Waals surface area contributed by atoms with Gasteiger partial charge in [0.25, 0.3) is 0 Å². The number of rotatable bonds is 5. The molecule has 4 nitrogen and oxygen atoms in total. The summed E-state index contributed by atoms with van der Waals surface area (Å²) in [7, 11) is 0. The van der Waals surface area contributed by atoms with Crippen LogP contribution in [0.3, 0.4) is 0 Å². The first-order valence-electron chi connectivity index (χ1n) is 8.09. The number of hydrogen-bond donors (Lipinski definition) is 1. The predicted molar refractivity (Wildman–Crippen MR) is 98.1 cm³/mol. The molecule has 0 aliphatic carbocycles. The summed E-state index contributed by atoms with van der Waals surface area (Å²) >= 11 is 6.16. The highest BCUT2D eigenvalue weighted by atomic mass is 35.5. The highest BCUT2D eigenvalue weighted by molar-refractivity contribution is 6.31. The van der Waals surface area contributed by atoms with E-state index in [1.807, 2.05) is 62.4 Å². The number of hydrogen-bond acceptors (Lipinski definition) is 2. The van der Waals surface area contributed by atoms with Crippen LogP contribution in [-0.2, 0) is 11.3 Å². The predicted octanol–water partition coefficient (Wildman–Crippen LogP) is 4.27. The second-order valence-corrected chi connectivity index (χ2v) is 6.35. The van der Waals surface area contributed by atoms with Crippen molar-refractivity contribution in [2.24, 2.45) is 0 Å². The molecule has 2 aromatic carbocycles. The van der Waals surface area contributed by atoms with Crippen molar-refractivity contribution in [3.63, 3.8) is 0 Å². The Hall–Kier alpha value is -2.33. The second kappa shape index (κ2) is 7.05. The van der Waals surface area contributed by atoms with Crippen LogP contribution in [0.4, 0.5) is 0 Å². The van der Waals surface area contributed by atoms with Crippen LogP contribution in [0.15, 0.2) is 48.5 Å². The fraction of sp³-hybridized carbons (Fsp3) is 0.263. The van der Waals surface area contributed by atoms with E-state index in [1.165, 1.54) is 0 Å². The molecule has 0 saturated heterocycles. The Morgan fingerprint density at radius 1 is 1.25 bits per heavy atom. The van der Waals surface area contributed by atoms with E-state index in [-0.39, 0.29) is 18.5 Å². The van der Waals surface area contributed by atoms with Crippen molar-refractivity contribution in [2.75, 3.05) is 0 Å². The minimum atomic E-state index is -0.0386. The Bertz CT molecular complexity index is 858. The molecule has 24 heavy (non-hydrogen) atoms. The van der Waals surface area contributed by atoms with E-state index in [4.69, 9.17) is 11.6 Å². The summed E-state index contributed by atoms with van der Waals surface area (Å²) in [6.45, 7) is 4.23. The molecule has 0 fully saturated rings. The van der Waals surface area contributed by atoms with Gasteiger partial charge in [0.2, 0.25) is 5.91 Å². The molecule has 1 aromatic heterocycles. The lowest BCUT2D eigenvalue weighted by molar-refractivity contribution is -0.122. The van der Waals surface area contributed by atoms with Crippen molar-refractivity contribution in [1.82, 2.24) is 15.1 Å². The maximum Gasteiger partial charge on any atom is 0.241 e. The van der Waals surface area contributed by atoms with Crippen LogP contribution >= 0.6 is 11.6 Å². The highest BCUT2D eigenvalue weighted by Gasteiger charge is 2.15. The molecule has 0 saturated carbocycles. The number of fused-ring (bicyclic) bond motifs is 1. The van der Waals surface area contributed by atoms with Crippen molar-refractivity contribution in [3.05, 3.63) is 53.6 Å². The molecule has 1 N–H and O–H groups in total. The molecule has 0 bridgehead atoms. The molecule has 0 aliphatic rings. The summed E-state index contributed by atoms with van der Waals surface area (Å²) in [5, 5.41) is 9.25. The van der Waals surface area contributed by atoms with Gasteiger partial charge >= 0.3 is 0 Å². The van der Waals surface area contributed by atoms with E-state index < -0.39 is 0 Å². The third-order valence-electron chi connectivity index (χ3n) is 4.07. The Labute approximate surface area is 146 Å². The molecule has 1 unspecified atom stereocenters. The second-order valence-electron chi connectivity index (χ2n) is 5.91. The lowest BCUT2D eigenvalue weighted by atomic mass is 10.1. The Balaban J connectivity index is 2.01. The zero-order valence-corrected chi connectivity index (χ0v) is 14.5. The molecule has 0 aliphatic heterocycles. The molecule has 124 valence electrons. The van der Waals surface area contributed by atoms with E-state index in [9.17, 15) is 4.79 Å². The number of nitrogens with one attached hydrogen (secondary N) is 1. The molecule has 3 rings (SSSR count). The molecule has 0 radical (unpaired) electrons. The van der Waals surface area contributed by atoms with E-state index in [0.717, 1.165) is 28.6 Å². The monoisotopic (exact) mass is 341 g/mol. The number of aromatic nitrogens is 2. The van der Waals surface area contributed by atoms with Crippen LogP contribution in [0.25, 0.3) is 22.2 Å². The standard InChI is InChI=1S/C19H20ClN3O/c1-3-13(2)21-18(24)12-23-17-10-9-15(20)11-16(17)19(22-23)14-7-5-4-6-8-14/h4-11,13H,3,12H2,1-2H3,(H,21,24). The van der Waals surface area contributed by atoms with Crippen molar-refractivity contribution in [3.8, 4) is 11.3 Å². The summed E-state index contributed by atoms with van der Waals surface area (Å²) in [5.41, 5.74) is 2.74. The Kier molecular flexibility index (Phi) is 4.86. The van der Waals surface area contributed by atoms with E-state index in [0.29, 0.717) is 5.02 Å². The third-order valence-corrected chi connectivity index (χ3v) is 4.31. The van der Waals surface area contributed by atoms with Crippen molar-refractivity contribution >= 4 is 28.4 Å². The number of carbonyl (C=O) groups is 1. The van der Waals surface area contributed by atoms with E-state index >= 15 is 0 Å². The van der Waals surface area contributed by atoms with Crippen LogP contribution in [-0.4, -0.2) is 21.7 Å². The van der Waals surface area contributed by atoms with Gasteiger partial charge in [-0.1, -0.05) is 48.9 Å². The molecule has 5 heteroatoms. The van der Waals surface area contributed by atoms with Gasteiger partial charge in [-0.25, -0.2) is 0 Å². The largest absolute Gasteiger partial charge is 0.352 e. The average molecular weight is 342 g/mol. The first kappa shape index (κ1) is 16.5. The minimum absolute atomic E-state index is 0.0386. The lowest BCUT2D eigenvalue weighted by Gasteiger charge is -2.11. The number of amides is 1. The number of halogens is 1. The molecule has 0 spiro atoms.